The Bertz CT molecular complexity index is 381. The van der Waals surface area contributed by atoms with E-state index in [4.69, 9.17) is 4.74 Å². The van der Waals surface area contributed by atoms with E-state index in [2.05, 4.69) is 40.3 Å². The van der Waals surface area contributed by atoms with E-state index < -0.39 is 0 Å². The van der Waals surface area contributed by atoms with Crippen molar-refractivity contribution < 1.29 is 4.74 Å². The molecule has 0 aromatic heterocycles. The first-order valence-corrected chi connectivity index (χ1v) is 9.13. The fourth-order valence-corrected chi connectivity index (χ4v) is 2.98. The summed E-state index contributed by atoms with van der Waals surface area (Å²) in [5.41, 5.74) is 1.21. The first-order chi connectivity index (χ1) is 10.3. The lowest BCUT2D eigenvalue weighted by atomic mass is 10.1. The summed E-state index contributed by atoms with van der Waals surface area (Å²) in [6.45, 7) is 3.92. The van der Waals surface area contributed by atoms with Gasteiger partial charge in [-0.1, -0.05) is 64.0 Å². The average molecular weight is 356 g/mol. The van der Waals surface area contributed by atoms with Gasteiger partial charge in [0.2, 0.25) is 0 Å². The second kappa shape index (κ2) is 12.0. The van der Waals surface area contributed by atoms with Crippen LogP contribution in [0.2, 0.25) is 0 Å². The number of benzene rings is 1. The molecule has 1 N–H and O–H groups in total. The molecule has 120 valence electrons. The molecule has 0 amide bonds. The van der Waals surface area contributed by atoms with Crippen LogP contribution in [0.3, 0.4) is 0 Å². The zero-order valence-corrected chi connectivity index (χ0v) is 15.2. The van der Waals surface area contributed by atoms with Crippen LogP contribution < -0.4 is 10.1 Å². The van der Waals surface area contributed by atoms with E-state index in [9.17, 15) is 0 Å². The quantitative estimate of drug-likeness (QED) is 0.486. The Hall–Kier alpha value is -0.540. The monoisotopic (exact) mass is 355 g/mol. The van der Waals surface area contributed by atoms with Crippen molar-refractivity contribution in [1.29, 1.82) is 0 Å². The number of hydrogen-bond donors (Lipinski definition) is 1. The lowest BCUT2D eigenvalue weighted by Gasteiger charge is -2.13. The molecular weight excluding hydrogens is 326 g/mol. The number of ether oxygens (including phenoxy) is 1. The fraction of sp³-hybridized carbons (Fsp3) is 0.667. The van der Waals surface area contributed by atoms with Gasteiger partial charge in [0.25, 0.3) is 0 Å². The fourth-order valence-electron chi connectivity index (χ4n) is 2.45. The predicted molar refractivity (Wildman–Crippen MR) is 95.0 cm³/mol. The Morgan fingerprint density at radius 3 is 2.33 bits per heavy atom. The van der Waals surface area contributed by atoms with Gasteiger partial charge in [-0.25, -0.2) is 0 Å². The molecule has 3 heteroatoms. The van der Waals surface area contributed by atoms with Crippen LogP contribution in [0.25, 0.3) is 0 Å². The van der Waals surface area contributed by atoms with Crippen molar-refractivity contribution in [3.8, 4) is 5.75 Å². The largest absolute Gasteiger partial charge is 0.492 e. The Balaban J connectivity index is 2.18. The Labute approximate surface area is 138 Å². The summed E-state index contributed by atoms with van der Waals surface area (Å²) < 4.78 is 7.03. The van der Waals surface area contributed by atoms with E-state index in [0.717, 1.165) is 29.8 Å². The van der Waals surface area contributed by atoms with Crippen molar-refractivity contribution in [2.45, 2.75) is 64.8 Å². The van der Waals surface area contributed by atoms with Crippen LogP contribution in [0, 0.1) is 0 Å². The molecule has 0 saturated heterocycles. The van der Waals surface area contributed by atoms with Crippen LogP contribution in [0.15, 0.2) is 22.7 Å². The van der Waals surface area contributed by atoms with Gasteiger partial charge < -0.3 is 10.1 Å². The van der Waals surface area contributed by atoms with Gasteiger partial charge in [-0.15, -0.1) is 0 Å². The van der Waals surface area contributed by atoms with E-state index in [1.807, 2.05) is 13.1 Å². The number of halogens is 1. The smallest absolute Gasteiger partial charge is 0.137 e. The Morgan fingerprint density at radius 2 is 1.67 bits per heavy atom. The molecule has 1 rings (SSSR count). The summed E-state index contributed by atoms with van der Waals surface area (Å²) in [7, 11) is 1.96. The van der Waals surface area contributed by atoms with Crippen LogP contribution in [0.1, 0.15) is 63.9 Å². The number of hydrogen-bond acceptors (Lipinski definition) is 2. The molecule has 0 aliphatic heterocycles. The molecule has 1 aromatic carbocycles. The maximum atomic E-state index is 5.98. The van der Waals surface area contributed by atoms with Gasteiger partial charge in [0.1, 0.15) is 5.75 Å². The molecule has 0 fully saturated rings. The molecule has 1 aromatic rings. The molecule has 21 heavy (non-hydrogen) atoms. The molecular formula is C18H30BrNO. The zero-order chi connectivity index (χ0) is 15.3. The molecule has 0 aliphatic rings. The molecule has 0 aliphatic carbocycles. The highest BCUT2D eigenvalue weighted by molar-refractivity contribution is 9.10. The Morgan fingerprint density at radius 1 is 1.00 bits per heavy atom. The summed E-state index contributed by atoms with van der Waals surface area (Å²) in [5.74, 6) is 0.995. The SMILES string of the molecule is CCCCCCCCCCOc1c(Br)cccc1CNC. The van der Waals surface area contributed by atoms with Crippen LogP contribution in [0.4, 0.5) is 0 Å². The van der Waals surface area contributed by atoms with Crippen molar-refractivity contribution >= 4 is 15.9 Å². The van der Waals surface area contributed by atoms with E-state index >= 15 is 0 Å². The van der Waals surface area contributed by atoms with Crippen LogP contribution in [-0.2, 0) is 6.54 Å². The van der Waals surface area contributed by atoms with E-state index in [1.54, 1.807) is 0 Å². The van der Waals surface area contributed by atoms with E-state index in [1.165, 1.54) is 50.5 Å². The summed E-state index contributed by atoms with van der Waals surface area (Å²) >= 11 is 3.58. The second-order valence-corrected chi connectivity index (χ2v) is 6.44. The summed E-state index contributed by atoms with van der Waals surface area (Å²) in [4.78, 5) is 0. The minimum Gasteiger partial charge on any atom is -0.492 e. The summed E-state index contributed by atoms with van der Waals surface area (Å²) in [6.07, 6.45) is 10.6. The third-order valence-electron chi connectivity index (χ3n) is 3.66. The highest BCUT2D eigenvalue weighted by Gasteiger charge is 2.07. The maximum Gasteiger partial charge on any atom is 0.137 e. The normalized spacial score (nSPS) is 10.8. The minimum atomic E-state index is 0.814. The number of unbranched alkanes of at least 4 members (excludes halogenated alkanes) is 7. The first-order valence-electron chi connectivity index (χ1n) is 8.34. The summed E-state index contributed by atoms with van der Waals surface area (Å²) in [5, 5.41) is 3.19. The van der Waals surface area contributed by atoms with Gasteiger partial charge in [-0.2, -0.15) is 0 Å². The van der Waals surface area contributed by atoms with Crippen molar-refractivity contribution in [2.24, 2.45) is 0 Å². The lowest BCUT2D eigenvalue weighted by Crippen LogP contribution is -2.08. The standard InChI is InChI=1S/C18H30BrNO/c1-3-4-5-6-7-8-9-10-14-21-18-16(15-20-2)12-11-13-17(18)19/h11-13,20H,3-10,14-15H2,1-2H3. The molecule has 0 atom stereocenters. The highest BCUT2D eigenvalue weighted by Crippen LogP contribution is 2.29. The van der Waals surface area contributed by atoms with Gasteiger partial charge in [0, 0.05) is 12.1 Å². The average Bonchev–Trinajstić information content (AvgIpc) is 2.48. The van der Waals surface area contributed by atoms with Crippen LogP contribution in [-0.4, -0.2) is 13.7 Å². The van der Waals surface area contributed by atoms with E-state index in [-0.39, 0.29) is 0 Å². The number of para-hydroxylation sites is 1. The van der Waals surface area contributed by atoms with Crippen molar-refractivity contribution in [3.63, 3.8) is 0 Å². The van der Waals surface area contributed by atoms with Crippen molar-refractivity contribution in [2.75, 3.05) is 13.7 Å². The van der Waals surface area contributed by atoms with Crippen LogP contribution in [0.5, 0.6) is 5.75 Å². The zero-order valence-electron chi connectivity index (χ0n) is 13.6. The molecule has 0 radical (unpaired) electrons. The Kier molecular flexibility index (Phi) is 10.6. The van der Waals surface area contributed by atoms with Gasteiger partial charge in [0.05, 0.1) is 11.1 Å². The lowest BCUT2D eigenvalue weighted by molar-refractivity contribution is 0.299. The van der Waals surface area contributed by atoms with Gasteiger partial charge in [-0.3, -0.25) is 0 Å². The van der Waals surface area contributed by atoms with Crippen LogP contribution >= 0.6 is 15.9 Å². The molecule has 0 saturated carbocycles. The minimum absolute atomic E-state index is 0.814. The van der Waals surface area contributed by atoms with Gasteiger partial charge in [-0.05, 0) is 35.5 Å². The highest BCUT2D eigenvalue weighted by atomic mass is 79.9. The molecule has 0 spiro atoms. The third-order valence-corrected chi connectivity index (χ3v) is 4.28. The molecule has 2 nitrogen and oxygen atoms in total. The van der Waals surface area contributed by atoms with Crippen molar-refractivity contribution in [3.05, 3.63) is 28.2 Å². The molecule has 0 bridgehead atoms. The third kappa shape index (κ3) is 7.87. The molecule has 0 heterocycles. The summed E-state index contributed by atoms with van der Waals surface area (Å²) in [6, 6.07) is 6.21. The molecule has 0 unspecified atom stereocenters. The maximum absolute atomic E-state index is 5.98. The number of nitrogens with one attached hydrogen (secondary N) is 1. The predicted octanol–water partition coefficient (Wildman–Crippen LogP) is 5.69. The van der Waals surface area contributed by atoms with Crippen molar-refractivity contribution in [1.82, 2.24) is 5.32 Å². The van der Waals surface area contributed by atoms with Gasteiger partial charge in [0.15, 0.2) is 0 Å². The second-order valence-electron chi connectivity index (χ2n) is 5.58. The van der Waals surface area contributed by atoms with Gasteiger partial charge >= 0.3 is 0 Å². The van der Waals surface area contributed by atoms with E-state index in [0.29, 0.717) is 0 Å². The first kappa shape index (κ1) is 18.5. The number of rotatable bonds is 12. The topological polar surface area (TPSA) is 21.3 Å².